The van der Waals surface area contributed by atoms with Crippen molar-refractivity contribution in [1.29, 1.82) is 0 Å². The van der Waals surface area contributed by atoms with Crippen molar-refractivity contribution in [3.63, 3.8) is 0 Å². The Morgan fingerprint density at radius 2 is 2.00 bits per heavy atom. The Bertz CT molecular complexity index is 537. The molecule has 3 N–H and O–H groups in total. The molecule has 1 aliphatic rings. The Balaban J connectivity index is 1.89. The Hall–Kier alpha value is -1.75. The molecule has 1 aromatic rings. The normalized spacial score (nSPS) is 16.7. The van der Waals surface area contributed by atoms with Crippen molar-refractivity contribution in [1.82, 2.24) is 5.32 Å². The topological polar surface area (TPSA) is 70.6 Å². The maximum atomic E-state index is 12.2. The number of benzene rings is 1. The highest BCUT2D eigenvalue weighted by Crippen LogP contribution is 2.29. The monoisotopic (exact) mass is 334 g/mol. The molecular weight excluding hydrogens is 304 g/mol. The second-order valence-electron chi connectivity index (χ2n) is 7.55. The summed E-state index contributed by atoms with van der Waals surface area (Å²) in [6.45, 7) is 6.31. The molecule has 2 amide bonds. The molecule has 0 aliphatic heterocycles. The molecule has 1 fully saturated rings. The fourth-order valence-electron chi connectivity index (χ4n) is 3.22. The van der Waals surface area contributed by atoms with Crippen LogP contribution in [0.4, 0.5) is 10.5 Å². The van der Waals surface area contributed by atoms with Crippen LogP contribution in [-0.2, 0) is 0 Å². The molecule has 1 aliphatic carbocycles. The van der Waals surface area contributed by atoms with Gasteiger partial charge < -0.3 is 20.5 Å². The summed E-state index contributed by atoms with van der Waals surface area (Å²) >= 11 is 0. The maximum absolute atomic E-state index is 12.2. The number of carbonyl (C=O) groups is 1. The molecule has 5 heteroatoms. The summed E-state index contributed by atoms with van der Waals surface area (Å²) < 4.78 is 6.03. The molecule has 0 bridgehead atoms. The first-order valence-electron chi connectivity index (χ1n) is 8.84. The molecule has 1 unspecified atom stereocenters. The van der Waals surface area contributed by atoms with E-state index in [4.69, 9.17) is 4.74 Å². The van der Waals surface area contributed by atoms with E-state index in [0.717, 1.165) is 18.6 Å². The van der Waals surface area contributed by atoms with E-state index in [9.17, 15) is 9.90 Å². The number of hydrogen-bond acceptors (Lipinski definition) is 3. The van der Waals surface area contributed by atoms with Crippen LogP contribution in [0.25, 0.3) is 0 Å². The van der Waals surface area contributed by atoms with E-state index in [-0.39, 0.29) is 23.7 Å². The zero-order valence-corrected chi connectivity index (χ0v) is 15.0. The standard InChI is InChI=1S/C19H30N2O3/c1-14(22)12-19(2,3)13-20-18(23)21-16-10-6-7-11-17(16)24-15-8-4-5-9-15/h6-7,10-11,14-15,22H,4-5,8-9,12-13H2,1-3H3,(H2,20,21,23). The zero-order valence-electron chi connectivity index (χ0n) is 15.0. The average Bonchev–Trinajstić information content (AvgIpc) is 2.99. The predicted molar refractivity (Wildman–Crippen MR) is 96.4 cm³/mol. The molecule has 1 aromatic carbocycles. The van der Waals surface area contributed by atoms with Gasteiger partial charge in [0.2, 0.25) is 0 Å². The number of urea groups is 1. The van der Waals surface area contributed by atoms with Gasteiger partial charge in [-0.15, -0.1) is 0 Å². The molecule has 0 spiro atoms. The van der Waals surface area contributed by atoms with Crippen LogP contribution in [0.1, 0.15) is 52.9 Å². The van der Waals surface area contributed by atoms with Gasteiger partial charge in [0.25, 0.3) is 0 Å². The van der Waals surface area contributed by atoms with Gasteiger partial charge in [0.15, 0.2) is 0 Å². The fraction of sp³-hybridized carbons (Fsp3) is 0.632. The number of nitrogens with one attached hydrogen (secondary N) is 2. The van der Waals surface area contributed by atoms with E-state index in [1.807, 2.05) is 38.1 Å². The predicted octanol–water partition coefficient (Wildman–Crippen LogP) is 3.93. The van der Waals surface area contributed by atoms with Gasteiger partial charge in [-0.1, -0.05) is 26.0 Å². The van der Waals surface area contributed by atoms with Crippen LogP contribution in [0.3, 0.4) is 0 Å². The number of para-hydroxylation sites is 2. The first-order chi connectivity index (χ1) is 11.4. The summed E-state index contributed by atoms with van der Waals surface area (Å²) in [6.07, 6.45) is 5.07. The van der Waals surface area contributed by atoms with Gasteiger partial charge in [-0.25, -0.2) is 4.79 Å². The highest BCUT2D eigenvalue weighted by Gasteiger charge is 2.22. The van der Waals surface area contributed by atoms with Crippen molar-refractivity contribution in [2.24, 2.45) is 5.41 Å². The van der Waals surface area contributed by atoms with Crippen molar-refractivity contribution in [3.05, 3.63) is 24.3 Å². The molecule has 1 atom stereocenters. The molecule has 1 saturated carbocycles. The quantitative estimate of drug-likeness (QED) is 0.707. The molecule has 5 nitrogen and oxygen atoms in total. The summed E-state index contributed by atoms with van der Waals surface area (Å²) in [5.74, 6) is 0.725. The lowest BCUT2D eigenvalue weighted by Gasteiger charge is -2.26. The SMILES string of the molecule is CC(O)CC(C)(C)CNC(=O)Nc1ccccc1OC1CCCC1. The third-order valence-electron chi connectivity index (χ3n) is 4.31. The first-order valence-corrected chi connectivity index (χ1v) is 8.84. The number of anilines is 1. The van der Waals surface area contributed by atoms with Crippen LogP contribution < -0.4 is 15.4 Å². The van der Waals surface area contributed by atoms with Gasteiger partial charge in [-0.05, 0) is 56.6 Å². The van der Waals surface area contributed by atoms with Crippen molar-refractivity contribution < 1.29 is 14.6 Å². The van der Waals surface area contributed by atoms with Crippen molar-refractivity contribution in [2.75, 3.05) is 11.9 Å². The first kappa shape index (κ1) is 18.6. The van der Waals surface area contributed by atoms with Crippen LogP contribution in [0.2, 0.25) is 0 Å². The summed E-state index contributed by atoms with van der Waals surface area (Å²) in [5, 5.41) is 15.3. The van der Waals surface area contributed by atoms with E-state index >= 15 is 0 Å². The number of aliphatic hydroxyl groups is 1. The third-order valence-corrected chi connectivity index (χ3v) is 4.31. The van der Waals surface area contributed by atoms with Gasteiger partial charge in [0.1, 0.15) is 5.75 Å². The van der Waals surface area contributed by atoms with E-state index < -0.39 is 0 Å². The van der Waals surface area contributed by atoms with Gasteiger partial charge in [-0.3, -0.25) is 0 Å². The molecule has 0 radical (unpaired) electrons. The van der Waals surface area contributed by atoms with Gasteiger partial charge >= 0.3 is 6.03 Å². The lowest BCUT2D eigenvalue weighted by atomic mass is 9.87. The highest BCUT2D eigenvalue weighted by atomic mass is 16.5. The van der Waals surface area contributed by atoms with Crippen LogP contribution in [0, 0.1) is 5.41 Å². The number of rotatable bonds is 7. The Morgan fingerprint density at radius 1 is 1.33 bits per heavy atom. The maximum Gasteiger partial charge on any atom is 0.319 e. The fourth-order valence-corrected chi connectivity index (χ4v) is 3.22. The smallest absolute Gasteiger partial charge is 0.319 e. The molecule has 0 aromatic heterocycles. The van der Waals surface area contributed by atoms with Gasteiger partial charge in [0.05, 0.1) is 17.9 Å². The van der Waals surface area contributed by atoms with E-state index in [0.29, 0.717) is 18.7 Å². The number of amides is 2. The second kappa shape index (κ2) is 8.38. The lowest BCUT2D eigenvalue weighted by molar-refractivity contribution is 0.129. The Morgan fingerprint density at radius 3 is 2.67 bits per heavy atom. The molecule has 0 saturated heterocycles. The molecular formula is C19H30N2O3. The largest absolute Gasteiger partial charge is 0.488 e. The summed E-state index contributed by atoms with van der Waals surface area (Å²) in [5.41, 5.74) is 0.529. The van der Waals surface area contributed by atoms with E-state index in [1.165, 1.54) is 12.8 Å². The van der Waals surface area contributed by atoms with Crippen molar-refractivity contribution in [2.45, 2.75) is 65.1 Å². The van der Waals surface area contributed by atoms with Gasteiger partial charge in [0, 0.05) is 6.54 Å². The molecule has 2 rings (SSSR count). The lowest BCUT2D eigenvalue weighted by Crippen LogP contribution is -2.38. The minimum atomic E-state index is -0.384. The van der Waals surface area contributed by atoms with E-state index in [2.05, 4.69) is 10.6 Å². The summed E-state index contributed by atoms with van der Waals surface area (Å²) in [6, 6.07) is 7.29. The third kappa shape index (κ3) is 6.04. The summed E-state index contributed by atoms with van der Waals surface area (Å²) in [7, 11) is 0. The minimum Gasteiger partial charge on any atom is -0.488 e. The summed E-state index contributed by atoms with van der Waals surface area (Å²) in [4.78, 5) is 12.2. The van der Waals surface area contributed by atoms with Crippen molar-refractivity contribution in [3.8, 4) is 5.75 Å². The second-order valence-corrected chi connectivity index (χ2v) is 7.55. The van der Waals surface area contributed by atoms with E-state index in [1.54, 1.807) is 6.92 Å². The molecule has 0 heterocycles. The Labute approximate surface area is 144 Å². The molecule has 134 valence electrons. The van der Waals surface area contributed by atoms with Gasteiger partial charge in [-0.2, -0.15) is 0 Å². The number of ether oxygens (including phenoxy) is 1. The number of aliphatic hydroxyl groups excluding tert-OH is 1. The van der Waals surface area contributed by atoms with Crippen LogP contribution in [0.5, 0.6) is 5.75 Å². The van der Waals surface area contributed by atoms with Crippen LogP contribution >= 0.6 is 0 Å². The Kier molecular flexibility index (Phi) is 6.49. The van der Waals surface area contributed by atoms with Crippen LogP contribution in [-0.4, -0.2) is 29.9 Å². The van der Waals surface area contributed by atoms with Crippen molar-refractivity contribution >= 4 is 11.7 Å². The number of hydrogen-bond donors (Lipinski definition) is 3. The zero-order chi connectivity index (χ0) is 17.6. The van der Waals surface area contributed by atoms with Crippen LogP contribution in [0.15, 0.2) is 24.3 Å². The molecule has 24 heavy (non-hydrogen) atoms. The highest BCUT2D eigenvalue weighted by molar-refractivity contribution is 5.90. The average molecular weight is 334 g/mol. The minimum absolute atomic E-state index is 0.161. The number of carbonyl (C=O) groups excluding carboxylic acids is 1.